The molecule has 1 aliphatic rings. The molecule has 19 heavy (non-hydrogen) atoms. The first-order valence-corrected chi connectivity index (χ1v) is 7.08. The highest BCUT2D eigenvalue weighted by Gasteiger charge is 2.20. The zero-order valence-corrected chi connectivity index (χ0v) is 11.9. The molecule has 2 rings (SSSR count). The molecule has 0 radical (unpaired) electrons. The van der Waals surface area contributed by atoms with Crippen LogP contribution in [0, 0.1) is 0 Å². The molecule has 1 unspecified atom stereocenters. The van der Waals surface area contributed by atoms with Crippen molar-refractivity contribution in [1.29, 1.82) is 0 Å². The summed E-state index contributed by atoms with van der Waals surface area (Å²) < 4.78 is 0. The van der Waals surface area contributed by atoms with Crippen LogP contribution < -0.4 is 16.0 Å². The number of nitrogens with two attached hydrogens (primary N) is 1. The van der Waals surface area contributed by atoms with E-state index in [-0.39, 0.29) is 0 Å². The Labute approximate surface area is 118 Å². The molecule has 1 heterocycles. The summed E-state index contributed by atoms with van der Waals surface area (Å²) in [7, 11) is 0. The largest absolute Gasteiger partial charge is 0.368 e. The topological polar surface area (TPSA) is 58.4 Å². The first kappa shape index (κ1) is 14.2. The van der Waals surface area contributed by atoms with Crippen LogP contribution in [0.5, 0.6) is 0 Å². The summed E-state index contributed by atoms with van der Waals surface area (Å²) >= 11 is 6.12. The van der Waals surface area contributed by atoms with Crippen molar-refractivity contribution in [3.63, 3.8) is 0 Å². The summed E-state index contributed by atoms with van der Waals surface area (Å²) in [4.78, 5) is 13.5. The predicted octanol–water partition coefficient (Wildman–Crippen LogP) is 2.02. The molecule has 5 heteroatoms. The lowest BCUT2D eigenvalue weighted by atomic mass is 10.0. The third kappa shape index (κ3) is 3.19. The number of piperidine rings is 1. The number of amides is 1. The number of nitrogens with one attached hydrogen (secondary N) is 1. The second kappa shape index (κ2) is 6.26. The maximum absolute atomic E-state index is 11.2. The van der Waals surface area contributed by atoms with Crippen LogP contribution in [0.25, 0.3) is 0 Å². The molecule has 1 saturated heterocycles. The molecule has 3 N–H and O–H groups in total. The lowest BCUT2D eigenvalue weighted by Gasteiger charge is -2.35. The van der Waals surface area contributed by atoms with Crippen molar-refractivity contribution in [3.05, 3.63) is 28.8 Å². The molecule has 1 fully saturated rings. The maximum atomic E-state index is 11.2. The predicted molar refractivity (Wildman–Crippen MR) is 78.9 cm³/mol. The van der Waals surface area contributed by atoms with Gasteiger partial charge in [-0.3, -0.25) is 4.79 Å². The normalized spacial score (nSPS) is 19.2. The van der Waals surface area contributed by atoms with Gasteiger partial charge < -0.3 is 16.0 Å². The number of carbonyl (C=O) groups excluding carboxylic acids is 1. The zero-order valence-electron chi connectivity index (χ0n) is 11.2. The Hall–Kier alpha value is -1.26. The average Bonchev–Trinajstić information content (AvgIpc) is 2.40. The van der Waals surface area contributed by atoms with Crippen molar-refractivity contribution >= 4 is 23.2 Å². The highest BCUT2D eigenvalue weighted by Crippen LogP contribution is 2.26. The summed E-state index contributed by atoms with van der Waals surface area (Å²) in [5, 5.41) is 3.84. The van der Waals surface area contributed by atoms with Gasteiger partial charge in [0.05, 0.1) is 10.6 Å². The summed E-state index contributed by atoms with van der Waals surface area (Å²) in [5.74, 6) is -0.487. The summed E-state index contributed by atoms with van der Waals surface area (Å²) in [5.41, 5.74) is 6.69. The number of nitrogens with zero attached hydrogens (tertiary/aromatic N) is 1. The van der Waals surface area contributed by atoms with Gasteiger partial charge in [0.15, 0.2) is 0 Å². The number of primary amides is 1. The van der Waals surface area contributed by atoms with Crippen molar-refractivity contribution in [2.24, 2.45) is 5.73 Å². The highest BCUT2D eigenvalue weighted by atomic mass is 35.5. The lowest BCUT2D eigenvalue weighted by Crippen LogP contribution is -2.46. The van der Waals surface area contributed by atoms with Crippen LogP contribution in [0.3, 0.4) is 0 Å². The number of hydrogen-bond acceptors (Lipinski definition) is 3. The van der Waals surface area contributed by atoms with Gasteiger partial charge in [0.25, 0.3) is 0 Å². The minimum Gasteiger partial charge on any atom is -0.368 e. The van der Waals surface area contributed by atoms with Crippen LogP contribution >= 0.6 is 11.6 Å². The molecule has 1 aliphatic heterocycles. The van der Waals surface area contributed by atoms with E-state index in [9.17, 15) is 4.79 Å². The molecule has 1 aromatic rings. The Balaban J connectivity index is 2.23. The summed E-state index contributed by atoms with van der Waals surface area (Å²) in [6.07, 6.45) is 2.37. The fourth-order valence-electron chi connectivity index (χ4n) is 2.63. The molecule has 1 amide bonds. The van der Waals surface area contributed by atoms with E-state index in [0.29, 0.717) is 16.6 Å². The fraction of sp³-hybridized carbons (Fsp3) is 0.500. The third-order valence-corrected chi connectivity index (χ3v) is 3.91. The monoisotopic (exact) mass is 281 g/mol. The number of hydrogen-bond donors (Lipinski definition) is 2. The van der Waals surface area contributed by atoms with Crippen molar-refractivity contribution in [3.8, 4) is 0 Å². The van der Waals surface area contributed by atoms with Crippen molar-refractivity contribution in [2.45, 2.75) is 25.8 Å². The molecule has 0 aliphatic carbocycles. The van der Waals surface area contributed by atoms with E-state index in [2.05, 4.69) is 17.1 Å². The van der Waals surface area contributed by atoms with Crippen molar-refractivity contribution in [2.75, 3.05) is 24.5 Å². The van der Waals surface area contributed by atoms with E-state index in [1.807, 2.05) is 12.1 Å². The number of benzene rings is 1. The molecule has 0 bridgehead atoms. The number of carbonyl (C=O) groups is 1. The molecule has 0 aromatic heterocycles. The first-order valence-electron chi connectivity index (χ1n) is 6.70. The van der Waals surface area contributed by atoms with Gasteiger partial charge in [-0.05, 0) is 44.5 Å². The van der Waals surface area contributed by atoms with Crippen LogP contribution in [0.2, 0.25) is 5.02 Å². The van der Waals surface area contributed by atoms with E-state index in [1.54, 1.807) is 6.07 Å². The molecule has 1 atom stereocenters. The SMILES string of the molecule is CCN(c1ccc(C(N)=O)c(Cl)c1)C1CCCNC1. The number of likely N-dealkylation sites (N-methyl/N-ethyl adjacent to an activating group) is 1. The van der Waals surface area contributed by atoms with Gasteiger partial charge in [-0.2, -0.15) is 0 Å². The standard InChI is InChI=1S/C14H20ClN3O/c1-2-18(11-4-3-7-17-9-11)10-5-6-12(14(16)19)13(15)8-10/h5-6,8,11,17H,2-4,7,9H2,1H3,(H2,16,19). The average molecular weight is 282 g/mol. The molecule has 0 saturated carbocycles. The Morgan fingerprint density at radius 1 is 1.58 bits per heavy atom. The van der Waals surface area contributed by atoms with Gasteiger partial charge in [-0.25, -0.2) is 0 Å². The van der Waals surface area contributed by atoms with Crippen LogP contribution in [-0.4, -0.2) is 31.6 Å². The van der Waals surface area contributed by atoms with Gasteiger partial charge in [0.2, 0.25) is 5.91 Å². The quantitative estimate of drug-likeness (QED) is 0.888. The van der Waals surface area contributed by atoms with Crippen LogP contribution in [0.15, 0.2) is 18.2 Å². The molecule has 0 spiro atoms. The van der Waals surface area contributed by atoms with Crippen LogP contribution in [0.4, 0.5) is 5.69 Å². The second-order valence-corrected chi connectivity index (χ2v) is 5.22. The molecular formula is C14H20ClN3O. The molecular weight excluding hydrogens is 262 g/mol. The van der Waals surface area contributed by atoms with Crippen molar-refractivity contribution < 1.29 is 4.79 Å². The minimum absolute atomic E-state index is 0.378. The Morgan fingerprint density at radius 2 is 2.37 bits per heavy atom. The summed E-state index contributed by atoms with van der Waals surface area (Å²) in [6.45, 7) is 5.13. The third-order valence-electron chi connectivity index (χ3n) is 3.60. The van der Waals surface area contributed by atoms with E-state index >= 15 is 0 Å². The van der Waals surface area contributed by atoms with Gasteiger partial charge in [-0.1, -0.05) is 11.6 Å². The van der Waals surface area contributed by atoms with E-state index in [1.165, 1.54) is 12.8 Å². The number of halogens is 1. The molecule has 104 valence electrons. The van der Waals surface area contributed by atoms with Gasteiger partial charge in [0.1, 0.15) is 0 Å². The van der Waals surface area contributed by atoms with E-state index in [4.69, 9.17) is 17.3 Å². The number of rotatable bonds is 4. The van der Waals surface area contributed by atoms with Gasteiger partial charge in [-0.15, -0.1) is 0 Å². The van der Waals surface area contributed by atoms with Crippen LogP contribution in [0.1, 0.15) is 30.1 Å². The number of anilines is 1. The highest BCUT2D eigenvalue weighted by molar-refractivity contribution is 6.34. The smallest absolute Gasteiger partial charge is 0.250 e. The molecule has 1 aromatic carbocycles. The Morgan fingerprint density at radius 3 is 2.89 bits per heavy atom. The van der Waals surface area contributed by atoms with E-state index in [0.717, 1.165) is 25.3 Å². The summed E-state index contributed by atoms with van der Waals surface area (Å²) in [6, 6.07) is 5.94. The lowest BCUT2D eigenvalue weighted by molar-refractivity contribution is 0.100. The second-order valence-electron chi connectivity index (χ2n) is 4.81. The fourth-order valence-corrected chi connectivity index (χ4v) is 2.90. The zero-order chi connectivity index (χ0) is 13.8. The van der Waals surface area contributed by atoms with Crippen molar-refractivity contribution in [1.82, 2.24) is 5.32 Å². The van der Waals surface area contributed by atoms with Crippen LogP contribution in [-0.2, 0) is 0 Å². The Bertz CT molecular complexity index is 458. The first-order chi connectivity index (χ1) is 9.13. The van der Waals surface area contributed by atoms with Gasteiger partial charge >= 0.3 is 0 Å². The maximum Gasteiger partial charge on any atom is 0.250 e. The molecule has 4 nitrogen and oxygen atoms in total. The Kier molecular flexibility index (Phi) is 4.66. The van der Waals surface area contributed by atoms with E-state index < -0.39 is 5.91 Å². The minimum atomic E-state index is -0.487. The van der Waals surface area contributed by atoms with Gasteiger partial charge in [0, 0.05) is 24.8 Å².